The monoisotopic (exact) mass is 1330 g/mol. The van der Waals surface area contributed by atoms with Crippen molar-refractivity contribution >= 4 is 0 Å². The molecule has 0 aromatic heterocycles. The van der Waals surface area contributed by atoms with E-state index in [0.717, 1.165) is 65.6 Å². The van der Waals surface area contributed by atoms with Crippen molar-refractivity contribution < 1.29 is 39.5 Å². The third-order valence-corrected chi connectivity index (χ3v) is 22.3. The van der Waals surface area contributed by atoms with Crippen LogP contribution in [0.2, 0.25) is 0 Å². The van der Waals surface area contributed by atoms with Gasteiger partial charge in [-0.3, -0.25) is 0 Å². The fourth-order valence-corrected chi connectivity index (χ4v) is 15.8. The van der Waals surface area contributed by atoms with E-state index in [9.17, 15) is 39.5 Å². The molecular weight excluding hydrogens is 1170 g/mol. The molecule has 558 valence electrons. The SMILES string of the molecule is CC.CC(C)C.CC(C)C(F)(F)F.CC1CCC2(CC1)CC(C)(C)CC(C)(C)C2.CC1CCC2(CC1)CCC(C)(C)CC2.CC1CCC2(CCCC2)CC1.CC1CCC2(CCCCC2)CC1.CCC.CCC(C)C.CC[C@H](C)CC(F)(F)F.CC[C@H](C)CC(F)(F)F. The number of hydrogen-bond donors (Lipinski definition) is 0. The molecule has 8 rings (SSSR count). The Morgan fingerprint density at radius 2 is 0.543 bits per heavy atom. The standard InChI is InChI=1S/C16H30.C14H26.C12H22.C11H20.2C6H11F3.C5H12.C4H7F3.C4H10.C3H8.C2H6/c1-13-6-8-16(9-7-13)11-14(2,3)10-15(4,5)12-16;1-12-4-6-14(7-5-12)10-8-13(2,3)9-11-14;1-11-5-9-12(10-6-11)7-3-2-4-8-12;1-10-4-8-11(9-5-10)6-2-3-7-11;2*1-3-5(2)4-6(7,8)9;1-4-5(2)3;1-3(2)4(5,6)7;1-4(2)3;1-3-2;1-2/h13H,6-12H2,1-5H3;12H,4-11H2,1-3H3;11H,2-10H2,1H3;10H,2-9H2,1H3;2*5H,3-4H2,1-2H3;5H,4H2,1-3H3;3H,1-2H3;4H,1-3H3;3H2,1-2H3;1-2H3/t;;;;2*5-;;;;;/m....00...../s1. The zero-order chi connectivity index (χ0) is 72.1. The zero-order valence-corrected chi connectivity index (χ0v) is 66.5. The maximum absolute atomic E-state index is 11.5. The molecule has 8 aliphatic rings. The van der Waals surface area contributed by atoms with Gasteiger partial charge in [0.1, 0.15) is 0 Å². The molecule has 0 aromatic carbocycles. The molecule has 0 aliphatic heterocycles. The van der Waals surface area contributed by atoms with Crippen molar-refractivity contribution in [1.82, 2.24) is 0 Å². The third kappa shape index (κ3) is 48.2. The molecule has 8 fully saturated rings. The van der Waals surface area contributed by atoms with E-state index in [2.05, 4.69) is 125 Å². The average Bonchev–Trinajstić information content (AvgIpc) is 0.890. The molecule has 0 saturated heterocycles. The molecule has 0 amide bonds. The van der Waals surface area contributed by atoms with Gasteiger partial charge in [0.05, 0.1) is 0 Å². The van der Waals surface area contributed by atoms with Crippen LogP contribution in [-0.2, 0) is 0 Å². The molecule has 0 nitrogen and oxygen atoms in total. The largest absolute Gasteiger partial charge is 0.391 e. The number of halogens is 9. The molecule has 0 heterocycles. The van der Waals surface area contributed by atoms with Crippen LogP contribution in [-0.4, -0.2) is 18.5 Å². The van der Waals surface area contributed by atoms with Crippen molar-refractivity contribution in [3.63, 3.8) is 0 Å². The fraction of sp³-hybridized carbons (Fsp3) is 1.00. The average molecular weight is 1330 g/mol. The first-order valence-electron chi connectivity index (χ1n) is 39.3. The topological polar surface area (TPSA) is 0 Å². The van der Waals surface area contributed by atoms with Crippen LogP contribution in [0.1, 0.15) is 424 Å². The van der Waals surface area contributed by atoms with E-state index in [0.29, 0.717) is 34.5 Å². The van der Waals surface area contributed by atoms with Gasteiger partial charge < -0.3 is 0 Å². The van der Waals surface area contributed by atoms with Crippen molar-refractivity contribution in [1.29, 1.82) is 0 Å². The summed E-state index contributed by atoms with van der Waals surface area (Å²) in [6.07, 6.45) is 39.0. The van der Waals surface area contributed by atoms with Crippen LogP contribution in [0.4, 0.5) is 39.5 Å². The van der Waals surface area contributed by atoms with Crippen molar-refractivity contribution in [2.45, 2.75) is 443 Å². The highest BCUT2D eigenvalue weighted by Crippen LogP contribution is 2.60. The molecule has 8 aliphatic carbocycles. The van der Waals surface area contributed by atoms with E-state index in [4.69, 9.17) is 0 Å². The van der Waals surface area contributed by atoms with Gasteiger partial charge in [0.15, 0.2) is 0 Å². The summed E-state index contributed by atoms with van der Waals surface area (Å²) in [6.45, 7) is 55.0. The highest BCUT2D eigenvalue weighted by atomic mass is 19.4. The molecule has 0 unspecified atom stereocenters. The Bertz CT molecular complexity index is 1630. The second kappa shape index (κ2) is 46.7. The molecule has 8 saturated carbocycles. The second-order valence-corrected chi connectivity index (χ2v) is 36.1. The first-order valence-corrected chi connectivity index (χ1v) is 39.3. The van der Waals surface area contributed by atoms with Crippen LogP contribution in [0, 0.1) is 91.2 Å². The first kappa shape index (κ1) is 95.6. The van der Waals surface area contributed by atoms with E-state index in [-0.39, 0.29) is 11.8 Å². The van der Waals surface area contributed by atoms with Crippen molar-refractivity contribution in [3.05, 3.63) is 0 Å². The van der Waals surface area contributed by atoms with Crippen molar-refractivity contribution in [2.75, 3.05) is 0 Å². The molecule has 0 N–H and O–H groups in total. The summed E-state index contributed by atoms with van der Waals surface area (Å²) in [6, 6.07) is 0. The molecule has 2 atom stereocenters. The predicted octanol–water partition coefficient (Wildman–Crippen LogP) is 32.4. The van der Waals surface area contributed by atoms with Crippen LogP contribution in [0.3, 0.4) is 0 Å². The van der Waals surface area contributed by atoms with Crippen molar-refractivity contribution in [2.24, 2.45) is 91.2 Å². The van der Waals surface area contributed by atoms with Gasteiger partial charge in [-0.25, -0.2) is 0 Å². The lowest BCUT2D eigenvalue weighted by molar-refractivity contribution is -0.164. The van der Waals surface area contributed by atoms with E-state index in [1.54, 1.807) is 79.1 Å². The fourth-order valence-electron chi connectivity index (χ4n) is 15.8. The summed E-state index contributed by atoms with van der Waals surface area (Å²) >= 11 is 0. The van der Waals surface area contributed by atoms with E-state index < -0.39 is 37.3 Å². The summed E-state index contributed by atoms with van der Waals surface area (Å²) < 4.78 is 102. The van der Waals surface area contributed by atoms with E-state index >= 15 is 0 Å². The smallest absolute Gasteiger partial charge is 0.171 e. The molecule has 4 spiro atoms. The lowest BCUT2D eigenvalue weighted by Gasteiger charge is -2.54. The Labute approximate surface area is 570 Å². The van der Waals surface area contributed by atoms with Gasteiger partial charge in [-0.15, -0.1) is 0 Å². The summed E-state index contributed by atoms with van der Waals surface area (Å²) in [5.74, 6) is 4.10. The van der Waals surface area contributed by atoms with Crippen molar-refractivity contribution in [3.8, 4) is 0 Å². The predicted molar refractivity (Wildman–Crippen MR) is 390 cm³/mol. The van der Waals surface area contributed by atoms with Crippen LogP contribution >= 0.6 is 0 Å². The van der Waals surface area contributed by atoms with Crippen LogP contribution < -0.4 is 0 Å². The summed E-state index contributed by atoms with van der Waals surface area (Å²) in [4.78, 5) is 0. The van der Waals surface area contributed by atoms with Gasteiger partial charge in [0, 0.05) is 18.8 Å². The second-order valence-electron chi connectivity index (χ2n) is 36.1. The van der Waals surface area contributed by atoms with Crippen LogP contribution in [0.25, 0.3) is 0 Å². The van der Waals surface area contributed by atoms with Gasteiger partial charge in [0.25, 0.3) is 0 Å². The molecule has 92 heavy (non-hydrogen) atoms. The Kier molecular flexibility index (Phi) is 48.5. The van der Waals surface area contributed by atoms with Gasteiger partial charge in [-0.05, 0) is 207 Å². The molecular formula is C83H163F9. The van der Waals surface area contributed by atoms with Gasteiger partial charge in [-0.2, -0.15) is 39.5 Å². The highest BCUT2D eigenvalue weighted by Gasteiger charge is 2.48. The molecule has 0 radical (unpaired) electrons. The van der Waals surface area contributed by atoms with Gasteiger partial charge >= 0.3 is 18.5 Å². The van der Waals surface area contributed by atoms with Crippen LogP contribution in [0.5, 0.6) is 0 Å². The Balaban J connectivity index is -0.000000982. The Hall–Kier alpha value is -0.630. The number of rotatable bonds is 5. The molecule has 0 aromatic rings. The minimum absolute atomic E-state index is 0.231. The Morgan fingerprint density at radius 3 is 0.739 bits per heavy atom. The highest BCUT2D eigenvalue weighted by molar-refractivity contribution is 4.99. The summed E-state index contributed by atoms with van der Waals surface area (Å²) in [5, 5.41) is 0. The van der Waals surface area contributed by atoms with Crippen LogP contribution in [0.15, 0.2) is 0 Å². The van der Waals surface area contributed by atoms with Gasteiger partial charge in [0.2, 0.25) is 0 Å². The lowest BCUT2D eigenvalue weighted by atomic mass is 9.51. The van der Waals surface area contributed by atoms with E-state index in [1.807, 2.05) is 13.8 Å². The summed E-state index contributed by atoms with van der Waals surface area (Å²) in [5.41, 5.74) is 4.98. The number of alkyl halides is 9. The minimum atomic E-state index is -4.00. The lowest BCUT2D eigenvalue weighted by Crippen LogP contribution is -2.43. The Morgan fingerprint density at radius 1 is 0.326 bits per heavy atom. The zero-order valence-electron chi connectivity index (χ0n) is 66.5. The van der Waals surface area contributed by atoms with Gasteiger partial charge in [-0.1, -0.05) is 289 Å². The maximum atomic E-state index is 11.5. The van der Waals surface area contributed by atoms with E-state index in [1.165, 1.54) is 167 Å². The quantitative estimate of drug-likeness (QED) is 0.241. The maximum Gasteiger partial charge on any atom is 0.391 e. The number of hydrogen-bond acceptors (Lipinski definition) is 0. The third-order valence-electron chi connectivity index (χ3n) is 22.3. The normalized spacial score (nSPS) is 23.5. The minimum Gasteiger partial charge on any atom is -0.171 e. The summed E-state index contributed by atoms with van der Waals surface area (Å²) in [7, 11) is 0. The molecule has 9 heteroatoms. The first-order chi connectivity index (χ1) is 42.1. The molecule has 0 bridgehead atoms.